The molecule has 0 fully saturated rings. The quantitative estimate of drug-likeness (QED) is 0.337. The SMILES string of the molecule is Cc1nc2cc(-c3noc(CC(C)C)n3)ccc2c(=O)n1C(c1ccccc1)c1ccccc1. The smallest absolute Gasteiger partial charge is 0.262 e. The minimum absolute atomic E-state index is 0.0830. The predicted octanol–water partition coefficient (Wildman–Crippen LogP) is 5.59. The zero-order valence-corrected chi connectivity index (χ0v) is 19.5. The zero-order chi connectivity index (χ0) is 23.7. The van der Waals surface area contributed by atoms with E-state index in [-0.39, 0.29) is 11.6 Å². The average molecular weight is 451 g/mol. The van der Waals surface area contributed by atoms with Crippen LogP contribution in [0.25, 0.3) is 22.3 Å². The van der Waals surface area contributed by atoms with Crippen LogP contribution >= 0.6 is 0 Å². The maximum Gasteiger partial charge on any atom is 0.262 e. The largest absolute Gasteiger partial charge is 0.339 e. The first-order valence-electron chi connectivity index (χ1n) is 11.5. The minimum Gasteiger partial charge on any atom is -0.339 e. The van der Waals surface area contributed by atoms with Crippen molar-refractivity contribution in [2.45, 2.75) is 33.2 Å². The number of aromatic nitrogens is 4. The summed E-state index contributed by atoms with van der Waals surface area (Å²) in [6, 6.07) is 25.3. The summed E-state index contributed by atoms with van der Waals surface area (Å²) < 4.78 is 7.17. The molecular weight excluding hydrogens is 424 g/mol. The fourth-order valence-corrected chi connectivity index (χ4v) is 4.32. The van der Waals surface area contributed by atoms with E-state index in [1.165, 1.54) is 0 Å². The Morgan fingerprint density at radius 1 is 0.882 bits per heavy atom. The van der Waals surface area contributed by atoms with E-state index in [1.807, 2.05) is 85.8 Å². The first-order chi connectivity index (χ1) is 16.5. The molecule has 0 saturated heterocycles. The molecule has 0 aliphatic rings. The van der Waals surface area contributed by atoms with Crippen LogP contribution in [-0.2, 0) is 6.42 Å². The van der Waals surface area contributed by atoms with Gasteiger partial charge in [0.25, 0.3) is 5.56 Å². The summed E-state index contributed by atoms with van der Waals surface area (Å²) in [7, 11) is 0. The molecule has 3 aromatic carbocycles. The number of hydrogen-bond acceptors (Lipinski definition) is 5. The van der Waals surface area contributed by atoms with Gasteiger partial charge in [-0.05, 0) is 36.1 Å². The monoisotopic (exact) mass is 450 g/mol. The zero-order valence-electron chi connectivity index (χ0n) is 19.5. The number of aryl methyl sites for hydroxylation is 1. The molecule has 5 aromatic rings. The molecule has 0 atom stereocenters. The topological polar surface area (TPSA) is 73.8 Å². The Morgan fingerprint density at radius 3 is 2.15 bits per heavy atom. The first-order valence-corrected chi connectivity index (χ1v) is 11.5. The highest BCUT2D eigenvalue weighted by Gasteiger charge is 2.22. The van der Waals surface area contributed by atoms with Gasteiger partial charge >= 0.3 is 0 Å². The molecule has 0 saturated carbocycles. The Kier molecular flexibility index (Phi) is 5.80. The van der Waals surface area contributed by atoms with Crippen molar-refractivity contribution >= 4 is 10.9 Å². The normalized spacial score (nSPS) is 11.6. The summed E-state index contributed by atoms with van der Waals surface area (Å²) in [6.45, 7) is 6.09. The van der Waals surface area contributed by atoms with Crippen LogP contribution in [0.4, 0.5) is 0 Å². The van der Waals surface area contributed by atoms with E-state index in [2.05, 4.69) is 24.0 Å². The lowest BCUT2D eigenvalue weighted by molar-refractivity contribution is 0.363. The molecule has 0 aliphatic heterocycles. The lowest BCUT2D eigenvalue weighted by atomic mass is 9.98. The van der Waals surface area contributed by atoms with Crippen LogP contribution in [-0.4, -0.2) is 19.7 Å². The Labute approximate surface area is 197 Å². The van der Waals surface area contributed by atoms with Crippen molar-refractivity contribution in [3.63, 3.8) is 0 Å². The first kappa shape index (κ1) is 21.8. The lowest BCUT2D eigenvalue weighted by Gasteiger charge is -2.23. The van der Waals surface area contributed by atoms with Gasteiger partial charge in [0.1, 0.15) is 5.82 Å². The summed E-state index contributed by atoms with van der Waals surface area (Å²) in [5.41, 5.74) is 3.37. The van der Waals surface area contributed by atoms with E-state index in [4.69, 9.17) is 9.51 Å². The molecule has 0 spiro atoms. The molecule has 170 valence electrons. The van der Waals surface area contributed by atoms with Gasteiger partial charge in [0, 0.05) is 12.0 Å². The highest BCUT2D eigenvalue weighted by molar-refractivity contribution is 5.82. The van der Waals surface area contributed by atoms with Gasteiger partial charge in [0.05, 0.1) is 16.9 Å². The van der Waals surface area contributed by atoms with Crippen molar-refractivity contribution in [2.75, 3.05) is 0 Å². The van der Waals surface area contributed by atoms with Crippen LogP contribution in [0.5, 0.6) is 0 Å². The average Bonchev–Trinajstić information content (AvgIpc) is 3.30. The van der Waals surface area contributed by atoms with E-state index < -0.39 is 0 Å². The molecule has 0 radical (unpaired) electrons. The molecule has 0 aliphatic carbocycles. The second-order valence-electron chi connectivity index (χ2n) is 8.90. The van der Waals surface area contributed by atoms with Crippen LogP contribution in [0.3, 0.4) is 0 Å². The van der Waals surface area contributed by atoms with E-state index in [0.29, 0.717) is 34.4 Å². The van der Waals surface area contributed by atoms with E-state index in [0.717, 1.165) is 23.1 Å². The predicted molar refractivity (Wildman–Crippen MR) is 133 cm³/mol. The van der Waals surface area contributed by atoms with Gasteiger partial charge in [0.15, 0.2) is 0 Å². The molecule has 0 unspecified atom stereocenters. The molecule has 0 N–H and O–H groups in total. The Morgan fingerprint density at radius 2 is 1.53 bits per heavy atom. The molecule has 0 bridgehead atoms. The van der Waals surface area contributed by atoms with Gasteiger partial charge in [-0.2, -0.15) is 4.98 Å². The van der Waals surface area contributed by atoms with Gasteiger partial charge in [-0.25, -0.2) is 4.98 Å². The summed E-state index contributed by atoms with van der Waals surface area (Å²) in [5, 5.41) is 4.67. The van der Waals surface area contributed by atoms with E-state index in [1.54, 1.807) is 4.57 Å². The molecule has 5 rings (SSSR count). The molecule has 2 heterocycles. The van der Waals surface area contributed by atoms with Crippen molar-refractivity contribution in [1.29, 1.82) is 0 Å². The summed E-state index contributed by atoms with van der Waals surface area (Å²) in [4.78, 5) is 23.1. The lowest BCUT2D eigenvalue weighted by Crippen LogP contribution is -2.29. The van der Waals surface area contributed by atoms with Crippen molar-refractivity contribution in [2.24, 2.45) is 5.92 Å². The van der Waals surface area contributed by atoms with Gasteiger partial charge in [0.2, 0.25) is 11.7 Å². The Bertz CT molecular complexity index is 1450. The van der Waals surface area contributed by atoms with Gasteiger partial charge < -0.3 is 4.52 Å². The maximum absolute atomic E-state index is 13.8. The number of nitrogens with zero attached hydrogens (tertiary/aromatic N) is 4. The van der Waals surface area contributed by atoms with Crippen LogP contribution in [0.15, 0.2) is 88.2 Å². The van der Waals surface area contributed by atoms with Crippen LogP contribution in [0, 0.1) is 12.8 Å². The molecule has 34 heavy (non-hydrogen) atoms. The fraction of sp³-hybridized carbons (Fsp3) is 0.214. The summed E-state index contributed by atoms with van der Waals surface area (Å²) in [6.07, 6.45) is 0.725. The van der Waals surface area contributed by atoms with E-state index >= 15 is 0 Å². The highest BCUT2D eigenvalue weighted by atomic mass is 16.5. The molecular formula is C28H26N4O2. The van der Waals surface area contributed by atoms with Crippen LogP contribution in [0.2, 0.25) is 0 Å². The number of hydrogen-bond donors (Lipinski definition) is 0. The third-order valence-electron chi connectivity index (χ3n) is 5.88. The molecule has 2 aromatic heterocycles. The Hall–Kier alpha value is -4.06. The summed E-state index contributed by atoms with van der Waals surface area (Å²) in [5.74, 6) is 2.18. The molecule has 0 amide bonds. The van der Waals surface area contributed by atoms with Crippen molar-refractivity contribution in [3.05, 3.63) is 112 Å². The molecule has 6 heteroatoms. The standard InChI is InChI=1S/C28H26N4O2/c1-18(2)16-25-30-27(31-34-25)22-14-15-23-24(17-22)29-19(3)32(28(23)33)26(20-10-6-4-7-11-20)21-12-8-5-9-13-21/h4-15,17-18,26H,16H2,1-3H3. The maximum atomic E-state index is 13.8. The third kappa shape index (κ3) is 4.15. The van der Waals surface area contributed by atoms with Gasteiger partial charge in [-0.15, -0.1) is 0 Å². The summed E-state index contributed by atoms with van der Waals surface area (Å²) >= 11 is 0. The van der Waals surface area contributed by atoms with Crippen LogP contribution in [0.1, 0.15) is 42.7 Å². The van der Waals surface area contributed by atoms with Crippen LogP contribution < -0.4 is 5.56 Å². The van der Waals surface area contributed by atoms with Gasteiger partial charge in [-0.1, -0.05) is 85.7 Å². The Balaban J connectivity index is 1.63. The van der Waals surface area contributed by atoms with Gasteiger partial charge in [-0.3, -0.25) is 9.36 Å². The minimum atomic E-state index is -0.276. The van der Waals surface area contributed by atoms with Crippen molar-refractivity contribution < 1.29 is 4.52 Å². The third-order valence-corrected chi connectivity index (χ3v) is 5.88. The molecule has 6 nitrogen and oxygen atoms in total. The highest BCUT2D eigenvalue weighted by Crippen LogP contribution is 2.28. The number of benzene rings is 3. The fourth-order valence-electron chi connectivity index (χ4n) is 4.32. The number of rotatable bonds is 6. The van der Waals surface area contributed by atoms with Crippen molar-refractivity contribution in [1.82, 2.24) is 19.7 Å². The second-order valence-corrected chi connectivity index (χ2v) is 8.90. The van der Waals surface area contributed by atoms with E-state index in [9.17, 15) is 4.79 Å². The second kappa shape index (κ2) is 9.06. The number of fused-ring (bicyclic) bond motifs is 1. The van der Waals surface area contributed by atoms with Crippen molar-refractivity contribution in [3.8, 4) is 11.4 Å².